The van der Waals surface area contributed by atoms with Gasteiger partial charge in [-0.25, -0.2) is 4.79 Å². The summed E-state index contributed by atoms with van der Waals surface area (Å²) in [4.78, 5) is 27.0. The van der Waals surface area contributed by atoms with Crippen LogP contribution in [-0.2, 0) is 9.59 Å². The number of hydrogen-bond acceptors (Lipinski definition) is 3. The van der Waals surface area contributed by atoms with Gasteiger partial charge in [-0.15, -0.1) is 0 Å². The SMILES string of the molecule is CCCN(CCC)CCC(=O)N1CCCC1C(=O)O. The molecule has 5 heteroatoms. The molecule has 0 aliphatic carbocycles. The maximum Gasteiger partial charge on any atom is 0.326 e. The number of carbonyl (C=O) groups is 2. The van der Waals surface area contributed by atoms with Crippen molar-refractivity contribution in [2.45, 2.75) is 52.0 Å². The molecule has 19 heavy (non-hydrogen) atoms. The number of carbonyl (C=O) groups excluding carboxylic acids is 1. The zero-order chi connectivity index (χ0) is 14.3. The lowest BCUT2D eigenvalue weighted by atomic mass is 10.2. The molecule has 1 amide bonds. The van der Waals surface area contributed by atoms with E-state index in [2.05, 4.69) is 18.7 Å². The van der Waals surface area contributed by atoms with Gasteiger partial charge in [-0.2, -0.15) is 0 Å². The van der Waals surface area contributed by atoms with Crippen LogP contribution in [-0.4, -0.2) is 59.0 Å². The van der Waals surface area contributed by atoms with E-state index in [0.29, 0.717) is 19.4 Å². The van der Waals surface area contributed by atoms with Gasteiger partial charge in [0.25, 0.3) is 0 Å². The molecule has 110 valence electrons. The molecule has 0 spiro atoms. The number of likely N-dealkylation sites (tertiary alicyclic amines) is 1. The number of amides is 1. The molecule has 1 N–H and O–H groups in total. The summed E-state index contributed by atoms with van der Waals surface area (Å²) >= 11 is 0. The van der Waals surface area contributed by atoms with E-state index in [1.165, 1.54) is 0 Å². The Kier molecular flexibility index (Phi) is 6.84. The predicted octanol–water partition coefficient (Wildman–Crippen LogP) is 1.57. The highest BCUT2D eigenvalue weighted by molar-refractivity contribution is 5.84. The average Bonchev–Trinajstić information content (AvgIpc) is 2.85. The Morgan fingerprint density at radius 1 is 1.21 bits per heavy atom. The summed E-state index contributed by atoms with van der Waals surface area (Å²) in [6.07, 6.45) is 3.99. The van der Waals surface area contributed by atoms with E-state index in [4.69, 9.17) is 5.11 Å². The lowest BCUT2D eigenvalue weighted by Gasteiger charge is -2.24. The summed E-state index contributed by atoms with van der Waals surface area (Å²) in [5.41, 5.74) is 0. The average molecular weight is 270 g/mol. The lowest BCUT2D eigenvalue weighted by molar-refractivity contribution is -0.148. The van der Waals surface area contributed by atoms with Gasteiger partial charge in [0, 0.05) is 19.5 Å². The first kappa shape index (κ1) is 16.0. The first-order valence-electron chi connectivity index (χ1n) is 7.34. The number of aliphatic carboxylic acids is 1. The van der Waals surface area contributed by atoms with Crippen LogP contribution in [0.25, 0.3) is 0 Å². The zero-order valence-electron chi connectivity index (χ0n) is 12.1. The number of carboxylic acids is 1. The smallest absolute Gasteiger partial charge is 0.326 e. The van der Waals surface area contributed by atoms with Crippen molar-refractivity contribution in [2.24, 2.45) is 0 Å². The number of rotatable bonds is 8. The third kappa shape index (κ3) is 4.82. The van der Waals surface area contributed by atoms with Crippen LogP contribution in [0.1, 0.15) is 46.0 Å². The van der Waals surface area contributed by atoms with Crippen LogP contribution in [0.15, 0.2) is 0 Å². The highest BCUT2D eigenvalue weighted by Crippen LogP contribution is 2.18. The van der Waals surface area contributed by atoms with E-state index in [1.807, 2.05) is 0 Å². The first-order chi connectivity index (χ1) is 9.10. The maximum absolute atomic E-state index is 12.1. The maximum atomic E-state index is 12.1. The van der Waals surface area contributed by atoms with Gasteiger partial charge in [0.15, 0.2) is 0 Å². The van der Waals surface area contributed by atoms with Gasteiger partial charge in [-0.3, -0.25) is 4.79 Å². The molecule has 1 aliphatic heterocycles. The number of carboxylic acid groups (broad SMARTS) is 1. The van der Waals surface area contributed by atoms with Crippen molar-refractivity contribution < 1.29 is 14.7 Å². The third-order valence-electron chi connectivity index (χ3n) is 3.58. The molecule has 0 aromatic carbocycles. The van der Waals surface area contributed by atoms with Crippen molar-refractivity contribution in [1.82, 2.24) is 9.80 Å². The molecular formula is C14H26N2O3. The van der Waals surface area contributed by atoms with Crippen molar-refractivity contribution in [2.75, 3.05) is 26.2 Å². The third-order valence-corrected chi connectivity index (χ3v) is 3.58. The number of hydrogen-bond donors (Lipinski definition) is 1. The molecule has 0 aromatic rings. The molecule has 1 heterocycles. The summed E-state index contributed by atoms with van der Waals surface area (Å²) < 4.78 is 0. The molecule has 1 rings (SSSR count). The van der Waals surface area contributed by atoms with E-state index < -0.39 is 12.0 Å². The van der Waals surface area contributed by atoms with Gasteiger partial charge in [0.05, 0.1) is 0 Å². The van der Waals surface area contributed by atoms with Crippen molar-refractivity contribution in [3.63, 3.8) is 0 Å². The Balaban J connectivity index is 2.43. The quantitative estimate of drug-likeness (QED) is 0.727. The summed E-state index contributed by atoms with van der Waals surface area (Å²) in [5.74, 6) is -0.882. The molecule has 1 unspecified atom stereocenters. The minimum absolute atomic E-state index is 0.0119. The lowest BCUT2D eigenvalue weighted by Crippen LogP contribution is -2.41. The Morgan fingerprint density at radius 2 is 1.84 bits per heavy atom. The summed E-state index contributed by atoms with van der Waals surface area (Å²) in [6, 6.07) is -0.599. The molecule has 0 aromatic heterocycles. The van der Waals surface area contributed by atoms with Gasteiger partial charge in [-0.1, -0.05) is 13.8 Å². The van der Waals surface area contributed by atoms with Crippen LogP contribution in [0.4, 0.5) is 0 Å². The highest BCUT2D eigenvalue weighted by atomic mass is 16.4. The summed E-state index contributed by atoms with van der Waals surface area (Å²) in [7, 11) is 0. The standard InChI is InChI=1S/C14H26N2O3/c1-3-8-15(9-4-2)11-7-13(17)16-10-5-6-12(16)14(18)19/h12H,3-11H2,1-2H3,(H,18,19). The van der Waals surface area contributed by atoms with Gasteiger partial charge in [0.2, 0.25) is 5.91 Å². The monoisotopic (exact) mass is 270 g/mol. The van der Waals surface area contributed by atoms with E-state index >= 15 is 0 Å². The summed E-state index contributed by atoms with van der Waals surface area (Å²) in [6.45, 7) is 7.60. The van der Waals surface area contributed by atoms with Crippen LogP contribution in [0.5, 0.6) is 0 Å². The Bertz CT molecular complexity index is 301. The van der Waals surface area contributed by atoms with Gasteiger partial charge in [-0.05, 0) is 38.8 Å². The minimum atomic E-state index is -0.871. The van der Waals surface area contributed by atoms with Crippen molar-refractivity contribution in [1.29, 1.82) is 0 Å². The molecule has 1 atom stereocenters. The normalized spacial score (nSPS) is 19.1. The van der Waals surface area contributed by atoms with Crippen LogP contribution in [0.2, 0.25) is 0 Å². The van der Waals surface area contributed by atoms with E-state index in [-0.39, 0.29) is 5.91 Å². The van der Waals surface area contributed by atoms with E-state index in [9.17, 15) is 9.59 Å². The van der Waals surface area contributed by atoms with Crippen molar-refractivity contribution >= 4 is 11.9 Å². The second-order valence-corrected chi connectivity index (χ2v) is 5.18. The fraction of sp³-hybridized carbons (Fsp3) is 0.857. The van der Waals surface area contributed by atoms with E-state index in [0.717, 1.165) is 38.9 Å². The molecule has 5 nitrogen and oxygen atoms in total. The highest BCUT2D eigenvalue weighted by Gasteiger charge is 2.33. The molecule has 0 bridgehead atoms. The largest absolute Gasteiger partial charge is 0.480 e. The van der Waals surface area contributed by atoms with E-state index in [1.54, 1.807) is 4.90 Å². The van der Waals surface area contributed by atoms with Crippen LogP contribution >= 0.6 is 0 Å². The van der Waals surface area contributed by atoms with Crippen LogP contribution in [0, 0.1) is 0 Å². The van der Waals surface area contributed by atoms with Crippen LogP contribution in [0.3, 0.4) is 0 Å². The van der Waals surface area contributed by atoms with Gasteiger partial charge >= 0.3 is 5.97 Å². The zero-order valence-corrected chi connectivity index (χ0v) is 12.1. The molecule has 0 radical (unpaired) electrons. The van der Waals surface area contributed by atoms with Crippen molar-refractivity contribution in [3.05, 3.63) is 0 Å². The fourth-order valence-corrected chi connectivity index (χ4v) is 2.69. The molecular weight excluding hydrogens is 244 g/mol. The number of nitrogens with zero attached hydrogens (tertiary/aromatic N) is 2. The summed E-state index contributed by atoms with van der Waals surface area (Å²) in [5, 5.41) is 9.07. The Labute approximate surface area is 115 Å². The van der Waals surface area contributed by atoms with Crippen LogP contribution < -0.4 is 0 Å². The topological polar surface area (TPSA) is 60.9 Å². The molecule has 1 aliphatic rings. The Morgan fingerprint density at radius 3 is 2.37 bits per heavy atom. The molecule has 0 saturated carbocycles. The second-order valence-electron chi connectivity index (χ2n) is 5.18. The van der Waals surface area contributed by atoms with Gasteiger partial charge in [0.1, 0.15) is 6.04 Å². The first-order valence-corrected chi connectivity index (χ1v) is 7.34. The molecule has 1 fully saturated rings. The fourth-order valence-electron chi connectivity index (χ4n) is 2.69. The minimum Gasteiger partial charge on any atom is -0.480 e. The predicted molar refractivity (Wildman–Crippen MR) is 74.0 cm³/mol. The van der Waals surface area contributed by atoms with Gasteiger partial charge < -0.3 is 14.9 Å². The van der Waals surface area contributed by atoms with Crippen molar-refractivity contribution in [3.8, 4) is 0 Å². The second kappa shape index (κ2) is 8.15. The molecule has 1 saturated heterocycles. The Hall–Kier alpha value is -1.10.